The monoisotopic (exact) mass is 360 g/mol. The molecule has 27 heavy (non-hydrogen) atoms. The number of nitrogens with one attached hydrogen (secondary N) is 4. The zero-order valence-electron chi connectivity index (χ0n) is 14.8. The molecule has 3 amide bonds. The number of anilines is 4. The summed E-state index contributed by atoms with van der Waals surface area (Å²) >= 11 is 0. The minimum Gasteiger partial charge on any atom is -0.355 e. The number of para-hydroxylation sites is 2. The van der Waals surface area contributed by atoms with Crippen LogP contribution in [0.25, 0.3) is 0 Å². The molecule has 3 rings (SSSR count). The van der Waals surface area contributed by atoms with Crippen LogP contribution in [0.3, 0.4) is 0 Å². The lowest BCUT2D eigenvalue weighted by Crippen LogP contribution is -2.24. The highest BCUT2D eigenvalue weighted by atomic mass is 16.2. The smallest absolute Gasteiger partial charge is 0.318 e. The van der Waals surface area contributed by atoms with Crippen LogP contribution in [0.2, 0.25) is 0 Å². The highest BCUT2D eigenvalue weighted by Crippen LogP contribution is 2.22. The molecular weight excluding hydrogens is 340 g/mol. The number of urea groups is 1. The SMILES string of the molecule is CNC(=O)Nc1ccc(NC(=O)c2ccccc2Nc2ccccc2)cc1. The van der Waals surface area contributed by atoms with E-state index in [9.17, 15) is 9.59 Å². The number of carbonyl (C=O) groups is 2. The largest absolute Gasteiger partial charge is 0.355 e. The second-order valence-corrected chi connectivity index (χ2v) is 5.77. The maximum atomic E-state index is 12.7. The lowest BCUT2D eigenvalue weighted by molar-refractivity contribution is 0.102. The van der Waals surface area contributed by atoms with Gasteiger partial charge in [-0.2, -0.15) is 0 Å². The van der Waals surface area contributed by atoms with Gasteiger partial charge in [-0.25, -0.2) is 4.79 Å². The molecule has 0 heterocycles. The summed E-state index contributed by atoms with van der Waals surface area (Å²) in [4.78, 5) is 24.0. The van der Waals surface area contributed by atoms with Gasteiger partial charge in [0.05, 0.1) is 11.3 Å². The van der Waals surface area contributed by atoms with Crippen molar-refractivity contribution in [2.24, 2.45) is 0 Å². The second-order valence-electron chi connectivity index (χ2n) is 5.77. The van der Waals surface area contributed by atoms with Gasteiger partial charge in [0.1, 0.15) is 0 Å². The summed E-state index contributed by atoms with van der Waals surface area (Å²) in [6, 6.07) is 23.6. The van der Waals surface area contributed by atoms with Crippen LogP contribution in [-0.4, -0.2) is 19.0 Å². The first-order valence-corrected chi connectivity index (χ1v) is 8.47. The Hall–Kier alpha value is -3.80. The minimum absolute atomic E-state index is 0.221. The molecule has 0 aromatic heterocycles. The molecule has 0 bridgehead atoms. The highest BCUT2D eigenvalue weighted by Gasteiger charge is 2.11. The van der Waals surface area contributed by atoms with Crippen LogP contribution in [0.15, 0.2) is 78.9 Å². The van der Waals surface area contributed by atoms with Crippen molar-refractivity contribution in [3.63, 3.8) is 0 Å². The van der Waals surface area contributed by atoms with Gasteiger partial charge in [0.25, 0.3) is 5.91 Å². The van der Waals surface area contributed by atoms with Crippen LogP contribution < -0.4 is 21.3 Å². The molecule has 0 spiro atoms. The predicted molar refractivity (Wildman–Crippen MR) is 109 cm³/mol. The summed E-state index contributed by atoms with van der Waals surface area (Å²) in [5, 5.41) is 11.3. The van der Waals surface area contributed by atoms with Crippen molar-refractivity contribution in [1.82, 2.24) is 5.32 Å². The molecule has 0 radical (unpaired) electrons. The fraction of sp³-hybridized carbons (Fsp3) is 0.0476. The van der Waals surface area contributed by atoms with Crippen molar-refractivity contribution in [3.8, 4) is 0 Å². The zero-order valence-corrected chi connectivity index (χ0v) is 14.8. The van der Waals surface area contributed by atoms with E-state index in [1.807, 2.05) is 48.5 Å². The molecule has 6 nitrogen and oxygen atoms in total. The Labute approximate surface area is 157 Å². The summed E-state index contributed by atoms with van der Waals surface area (Å²) in [7, 11) is 1.55. The molecule has 0 unspecified atom stereocenters. The van der Waals surface area contributed by atoms with Gasteiger partial charge in [0.2, 0.25) is 0 Å². The molecule has 0 aliphatic rings. The van der Waals surface area contributed by atoms with Crippen molar-refractivity contribution >= 4 is 34.7 Å². The Balaban J connectivity index is 1.72. The Morgan fingerprint density at radius 1 is 0.667 bits per heavy atom. The molecule has 136 valence electrons. The molecule has 3 aromatic rings. The molecule has 3 aromatic carbocycles. The first kappa shape index (κ1) is 18.0. The maximum Gasteiger partial charge on any atom is 0.318 e. The Kier molecular flexibility index (Phi) is 5.69. The second kappa shape index (κ2) is 8.53. The van der Waals surface area contributed by atoms with Crippen molar-refractivity contribution in [3.05, 3.63) is 84.4 Å². The first-order valence-electron chi connectivity index (χ1n) is 8.47. The van der Waals surface area contributed by atoms with E-state index in [0.29, 0.717) is 16.9 Å². The summed E-state index contributed by atoms with van der Waals surface area (Å²) in [6.07, 6.45) is 0. The maximum absolute atomic E-state index is 12.7. The third-order valence-electron chi connectivity index (χ3n) is 3.85. The van der Waals surface area contributed by atoms with Crippen molar-refractivity contribution < 1.29 is 9.59 Å². The van der Waals surface area contributed by atoms with Gasteiger partial charge < -0.3 is 21.3 Å². The van der Waals surface area contributed by atoms with Gasteiger partial charge in [0, 0.05) is 24.1 Å². The van der Waals surface area contributed by atoms with E-state index in [2.05, 4.69) is 21.3 Å². The number of benzene rings is 3. The van der Waals surface area contributed by atoms with E-state index in [0.717, 1.165) is 11.4 Å². The molecule has 6 heteroatoms. The van der Waals surface area contributed by atoms with Crippen molar-refractivity contribution in [2.45, 2.75) is 0 Å². The Morgan fingerprint density at radius 3 is 1.93 bits per heavy atom. The van der Waals surface area contributed by atoms with Crippen molar-refractivity contribution in [2.75, 3.05) is 23.0 Å². The molecule has 0 saturated carbocycles. The number of rotatable bonds is 5. The molecular formula is C21H20N4O2. The predicted octanol–water partition coefficient (Wildman–Crippen LogP) is 4.43. The summed E-state index contributed by atoms with van der Waals surface area (Å²) in [5.41, 5.74) is 3.44. The normalized spacial score (nSPS) is 9.96. The number of hydrogen-bond donors (Lipinski definition) is 4. The molecule has 0 fully saturated rings. The van der Waals surface area contributed by atoms with Crippen LogP contribution >= 0.6 is 0 Å². The zero-order chi connectivity index (χ0) is 19.1. The van der Waals surface area contributed by atoms with E-state index in [1.54, 1.807) is 37.4 Å². The van der Waals surface area contributed by atoms with Crippen LogP contribution in [-0.2, 0) is 0 Å². The third-order valence-corrected chi connectivity index (χ3v) is 3.85. The molecule has 0 atom stereocenters. The van der Waals surface area contributed by atoms with Gasteiger partial charge in [0.15, 0.2) is 0 Å². The fourth-order valence-corrected chi connectivity index (χ4v) is 2.50. The van der Waals surface area contributed by atoms with Crippen molar-refractivity contribution in [1.29, 1.82) is 0 Å². The number of carbonyl (C=O) groups excluding carboxylic acids is 2. The first-order chi connectivity index (χ1) is 13.2. The highest BCUT2D eigenvalue weighted by molar-refractivity contribution is 6.08. The molecule has 4 N–H and O–H groups in total. The third kappa shape index (κ3) is 4.85. The molecule has 0 saturated heterocycles. The van der Waals surface area contributed by atoms with Gasteiger partial charge in [-0.1, -0.05) is 30.3 Å². The number of amides is 3. The van der Waals surface area contributed by atoms with Gasteiger partial charge >= 0.3 is 6.03 Å². The van der Waals surface area contributed by atoms with Gasteiger partial charge in [-0.3, -0.25) is 4.79 Å². The van der Waals surface area contributed by atoms with E-state index < -0.39 is 0 Å². The van der Waals surface area contributed by atoms with E-state index >= 15 is 0 Å². The van der Waals surface area contributed by atoms with Crippen LogP contribution in [0.1, 0.15) is 10.4 Å². The summed E-state index contributed by atoms with van der Waals surface area (Å²) < 4.78 is 0. The minimum atomic E-state index is -0.298. The van der Waals surface area contributed by atoms with E-state index in [1.165, 1.54) is 0 Å². The van der Waals surface area contributed by atoms with Gasteiger partial charge in [-0.05, 0) is 48.5 Å². The summed E-state index contributed by atoms with van der Waals surface area (Å²) in [5.74, 6) is -0.221. The molecule has 0 aliphatic carbocycles. The standard InChI is InChI=1S/C21H20N4O2/c1-22-21(27)25-17-13-11-16(12-14-17)24-20(26)18-9-5-6-10-19(18)23-15-7-3-2-4-8-15/h2-14,23H,1H3,(H,24,26)(H2,22,25,27). The fourth-order valence-electron chi connectivity index (χ4n) is 2.50. The Morgan fingerprint density at radius 2 is 1.26 bits per heavy atom. The average molecular weight is 360 g/mol. The van der Waals surface area contributed by atoms with Crippen LogP contribution in [0, 0.1) is 0 Å². The van der Waals surface area contributed by atoms with E-state index in [-0.39, 0.29) is 11.9 Å². The Bertz CT molecular complexity index is 924. The topological polar surface area (TPSA) is 82.3 Å². The van der Waals surface area contributed by atoms with Crippen LogP contribution in [0.4, 0.5) is 27.5 Å². The van der Waals surface area contributed by atoms with Crippen LogP contribution in [0.5, 0.6) is 0 Å². The van der Waals surface area contributed by atoms with E-state index in [4.69, 9.17) is 0 Å². The quantitative estimate of drug-likeness (QED) is 0.543. The lowest BCUT2D eigenvalue weighted by atomic mass is 10.1. The lowest BCUT2D eigenvalue weighted by Gasteiger charge is -2.12. The van der Waals surface area contributed by atoms with Gasteiger partial charge in [-0.15, -0.1) is 0 Å². The average Bonchev–Trinajstić information content (AvgIpc) is 2.70. The molecule has 0 aliphatic heterocycles. The number of hydrogen-bond acceptors (Lipinski definition) is 3. The summed E-state index contributed by atoms with van der Waals surface area (Å²) in [6.45, 7) is 0.